The summed E-state index contributed by atoms with van der Waals surface area (Å²) in [5, 5.41) is 3.37. The summed E-state index contributed by atoms with van der Waals surface area (Å²) in [6.07, 6.45) is 3.56. The minimum atomic E-state index is -0.406. The highest BCUT2D eigenvalue weighted by Gasteiger charge is 2.33. The molecule has 0 fully saturated rings. The fraction of sp³-hybridized carbons (Fsp3) is 0.769. The summed E-state index contributed by atoms with van der Waals surface area (Å²) in [4.78, 5) is 12.1. The molecule has 1 atom stereocenters. The molecule has 0 unspecified atom stereocenters. The van der Waals surface area contributed by atoms with Crippen LogP contribution in [0.3, 0.4) is 0 Å². The zero-order chi connectivity index (χ0) is 12.1. The largest absolute Gasteiger partial charge is 0.303 e. The lowest BCUT2D eigenvalue weighted by Crippen LogP contribution is -2.53. The number of carbonyl (C=O) groups excluding carboxylic acids is 1. The molecule has 0 aromatic rings. The smallest absolute Gasteiger partial charge is 0.155 e. The van der Waals surface area contributed by atoms with Gasteiger partial charge in [-0.2, -0.15) is 0 Å². The van der Waals surface area contributed by atoms with E-state index < -0.39 is 5.54 Å². The number of carbonyl (C=O) groups is 1. The maximum atomic E-state index is 12.1. The first-order chi connectivity index (χ1) is 6.83. The first-order valence-electron chi connectivity index (χ1n) is 5.76. The minimum Gasteiger partial charge on any atom is -0.303 e. The second kappa shape index (κ2) is 6.06. The Morgan fingerprint density at radius 2 is 1.93 bits per heavy atom. The maximum Gasteiger partial charge on any atom is 0.155 e. The highest BCUT2D eigenvalue weighted by Crippen LogP contribution is 2.19. The number of allylic oxidation sites excluding steroid dienone is 1. The molecule has 2 heteroatoms. The van der Waals surface area contributed by atoms with Crippen LogP contribution in [0.2, 0.25) is 0 Å². The van der Waals surface area contributed by atoms with E-state index in [1.54, 1.807) is 0 Å². The van der Waals surface area contributed by atoms with E-state index in [1.165, 1.54) is 0 Å². The zero-order valence-electron chi connectivity index (χ0n) is 10.8. The fourth-order valence-corrected chi connectivity index (χ4v) is 1.93. The molecular formula is C13H25NO. The van der Waals surface area contributed by atoms with Gasteiger partial charge in [-0.3, -0.25) is 4.79 Å². The van der Waals surface area contributed by atoms with Crippen molar-refractivity contribution in [3.8, 4) is 0 Å². The Morgan fingerprint density at radius 3 is 2.27 bits per heavy atom. The molecule has 1 N–H and O–H groups in total. The lowest BCUT2D eigenvalue weighted by Gasteiger charge is -2.33. The standard InChI is InChI=1S/C13H25NO/c1-7-8-9-13(6,14-11(4)5)12(15)10(2)3/h7,10-11,14H,1,8-9H2,2-6H3/t13-/m0/s1. The van der Waals surface area contributed by atoms with Crippen LogP contribution in [0.4, 0.5) is 0 Å². The van der Waals surface area contributed by atoms with E-state index in [4.69, 9.17) is 0 Å². The first kappa shape index (κ1) is 14.4. The van der Waals surface area contributed by atoms with Gasteiger partial charge in [-0.25, -0.2) is 0 Å². The Morgan fingerprint density at radius 1 is 1.40 bits per heavy atom. The van der Waals surface area contributed by atoms with Crippen LogP contribution in [0.5, 0.6) is 0 Å². The van der Waals surface area contributed by atoms with Gasteiger partial charge in [0.25, 0.3) is 0 Å². The van der Waals surface area contributed by atoms with Gasteiger partial charge in [0, 0.05) is 12.0 Å². The Kier molecular flexibility index (Phi) is 5.81. The van der Waals surface area contributed by atoms with Crippen LogP contribution in [0.1, 0.15) is 47.5 Å². The van der Waals surface area contributed by atoms with Crippen molar-refractivity contribution in [3.05, 3.63) is 12.7 Å². The molecular weight excluding hydrogens is 186 g/mol. The monoisotopic (exact) mass is 211 g/mol. The molecule has 0 heterocycles. The van der Waals surface area contributed by atoms with E-state index in [-0.39, 0.29) is 11.7 Å². The lowest BCUT2D eigenvalue weighted by atomic mass is 9.84. The third kappa shape index (κ3) is 4.61. The predicted octanol–water partition coefficient (Wildman–Crippen LogP) is 2.93. The number of ketones is 1. The zero-order valence-corrected chi connectivity index (χ0v) is 10.8. The van der Waals surface area contributed by atoms with Gasteiger partial charge in [-0.05, 0) is 33.6 Å². The third-order valence-electron chi connectivity index (χ3n) is 2.52. The van der Waals surface area contributed by atoms with Crippen molar-refractivity contribution >= 4 is 5.78 Å². The second-order valence-corrected chi connectivity index (χ2v) is 4.98. The summed E-state index contributed by atoms with van der Waals surface area (Å²) in [5.74, 6) is 0.365. The summed E-state index contributed by atoms with van der Waals surface area (Å²) in [5.41, 5.74) is -0.406. The summed E-state index contributed by atoms with van der Waals surface area (Å²) in [6, 6.07) is 0.322. The summed E-state index contributed by atoms with van der Waals surface area (Å²) in [7, 11) is 0. The van der Waals surface area contributed by atoms with Gasteiger partial charge in [-0.15, -0.1) is 6.58 Å². The SMILES string of the molecule is C=CCC[C@](C)(NC(C)C)C(=O)C(C)C. The lowest BCUT2D eigenvalue weighted by molar-refractivity contribution is -0.128. The van der Waals surface area contributed by atoms with Gasteiger partial charge >= 0.3 is 0 Å². The van der Waals surface area contributed by atoms with Crippen molar-refractivity contribution in [2.24, 2.45) is 5.92 Å². The van der Waals surface area contributed by atoms with E-state index in [9.17, 15) is 4.79 Å². The second-order valence-electron chi connectivity index (χ2n) is 4.98. The maximum absolute atomic E-state index is 12.1. The van der Waals surface area contributed by atoms with Crippen LogP contribution in [0.25, 0.3) is 0 Å². The molecule has 0 saturated carbocycles. The quantitative estimate of drug-likeness (QED) is 0.656. The number of nitrogens with one attached hydrogen (secondary N) is 1. The van der Waals surface area contributed by atoms with Gasteiger partial charge in [0.1, 0.15) is 0 Å². The van der Waals surface area contributed by atoms with Gasteiger partial charge < -0.3 is 5.32 Å². The fourth-order valence-electron chi connectivity index (χ4n) is 1.93. The molecule has 88 valence electrons. The Labute approximate surface area is 94.1 Å². The Bertz CT molecular complexity index is 221. The van der Waals surface area contributed by atoms with E-state index >= 15 is 0 Å². The summed E-state index contributed by atoms with van der Waals surface area (Å²) >= 11 is 0. The highest BCUT2D eigenvalue weighted by atomic mass is 16.1. The van der Waals surface area contributed by atoms with Crippen LogP contribution in [-0.4, -0.2) is 17.4 Å². The van der Waals surface area contributed by atoms with Crippen LogP contribution >= 0.6 is 0 Å². The predicted molar refractivity (Wildman–Crippen MR) is 66.0 cm³/mol. The Hall–Kier alpha value is -0.630. The van der Waals surface area contributed by atoms with Crippen LogP contribution in [-0.2, 0) is 4.79 Å². The summed E-state index contributed by atoms with van der Waals surface area (Å²) in [6.45, 7) is 13.8. The van der Waals surface area contributed by atoms with Crippen LogP contribution < -0.4 is 5.32 Å². The average Bonchev–Trinajstić information content (AvgIpc) is 2.12. The molecule has 0 radical (unpaired) electrons. The number of Topliss-reactive ketones (excluding diaryl/α,β-unsaturated/α-hetero) is 1. The molecule has 0 rings (SSSR count). The molecule has 0 bridgehead atoms. The number of rotatable bonds is 7. The number of hydrogen-bond acceptors (Lipinski definition) is 2. The number of hydrogen-bond donors (Lipinski definition) is 1. The van der Waals surface area contributed by atoms with Gasteiger partial charge in [-0.1, -0.05) is 19.9 Å². The highest BCUT2D eigenvalue weighted by molar-refractivity contribution is 5.89. The average molecular weight is 211 g/mol. The molecule has 15 heavy (non-hydrogen) atoms. The van der Waals surface area contributed by atoms with Gasteiger partial charge in [0.05, 0.1) is 5.54 Å². The molecule has 0 aromatic heterocycles. The van der Waals surface area contributed by atoms with Crippen molar-refractivity contribution in [1.29, 1.82) is 0 Å². The van der Waals surface area contributed by atoms with Gasteiger partial charge in [0.15, 0.2) is 5.78 Å². The van der Waals surface area contributed by atoms with E-state index in [1.807, 2.05) is 26.8 Å². The van der Waals surface area contributed by atoms with Crippen molar-refractivity contribution < 1.29 is 4.79 Å². The van der Waals surface area contributed by atoms with Crippen molar-refractivity contribution in [1.82, 2.24) is 5.32 Å². The van der Waals surface area contributed by atoms with Crippen molar-refractivity contribution in [2.75, 3.05) is 0 Å². The summed E-state index contributed by atoms with van der Waals surface area (Å²) < 4.78 is 0. The molecule has 2 nitrogen and oxygen atoms in total. The molecule has 0 aliphatic carbocycles. The normalized spacial score (nSPS) is 15.4. The molecule has 0 aliphatic rings. The van der Waals surface area contributed by atoms with E-state index in [0.717, 1.165) is 12.8 Å². The van der Waals surface area contributed by atoms with Crippen molar-refractivity contribution in [2.45, 2.75) is 59.0 Å². The van der Waals surface area contributed by atoms with E-state index in [0.29, 0.717) is 6.04 Å². The Balaban J connectivity index is 4.67. The topological polar surface area (TPSA) is 29.1 Å². The molecule has 0 aliphatic heterocycles. The van der Waals surface area contributed by atoms with E-state index in [2.05, 4.69) is 25.7 Å². The first-order valence-corrected chi connectivity index (χ1v) is 5.76. The molecule has 0 aromatic carbocycles. The molecule has 0 saturated heterocycles. The van der Waals surface area contributed by atoms with Crippen LogP contribution in [0, 0.1) is 5.92 Å². The third-order valence-corrected chi connectivity index (χ3v) is 2.52. The van der Waals surface area contributed by atoms with Gasteiger partial charge in [0.2, 0.25) is 0 Å². The van der Waals surface area contributed by atoms with Crippen molar-refractivity contribution in [3.63, 3.8) is 0 Å². The minimum absolute atomic E-state index is 0.0751. The van der Waals surface area contributed by atoms with Crippen LogP contribution in [0.15, 0.2) is 12.7 Å². The molecule has 0 spiro atoms. The molecule has 0 amide bonds.